The Labute approximate surface area is 143 Å². The van der Waals surface area contributed by atoms with Crippen LogP contribution in [-0.2, 0) is 21.1 Å². The van der Waals surface area contributed by atoms with Gasteiger partial charge in [-0.2, -0.15) is 0 Å². The summed E-state index contributed by atoms with van der Waals surface area (Å²) >= 11 is 0. The fraction of sp³-hybridized carbons (Fsp3) is 0.500. The van der Waals surface area contributed by atoms with Gasteiger partial charge in [0, 0.05) is 35.6 Å². The predicted molar refractivity (Wildman–Crippen MR) is 95.8 cm³/mol. The van der Waals surface area contributed by atoms with Crippen molar-refractivity contribution in [3.8, 4) is 0 Å². The van der Waals surface area contributed by atoms with Crippen LogP contribution in [0.2, 0.25) is 0 Å². The molecule has 5 nitrogen and oxygen atoms in total. The number of nitrogens with one attached hydrogen (secondary N) is 1. The Morgan fingerprint density at radius 3 is 2.75 bits per heavy atom. The van der Waals surface area contributed by atoms with Gasteiger partial charge in [-0.3, -0.25) is 4.79 Å². The number of para-hydroxylation sites is 1. The second kappa shape index (κ2) is 6.59. The van der Waals surface area contributed by atoms with Crippen LogP contribution < -0.4 is 5.32 Å². The number of nitrogens with zero attached hydrogens (tertiary/aromatic N) is 1. The summed E-state index contributed by atoms with van der Waals surface area (Å²) in [6.07, 6.45) is 3.69. The largest absolute Gasteiger partial charge is 0.352 e. The van der Waals surface area contributed by atoms with Gasteiger partial charge >= 0.3 is 0 Å². The number of aromatic nitrogens is 1. The normalized spacial score (nSPS) is 19.9. The number of fused-ring (bicyclic) bond motifs is 1. The standard InChI is InChI=1S/C18H24N2O3S/c1-13(2)20-11-14(16-5-3-4-6-17(16)20)7-8-18(21)19-15-9-10-24(22,23)12-15/h3-6,11,13,15H,7-10,12H2,1-2H3,(H,19,21)/t15-/m1/s1. The number of rotatable bonds is 5. The number of hydrogen-bond acceptors (Lipinski definition) is 3. The Kier molecular flexibility index (Phi) is 4.67. The van der Waals surface area contributed by atoms with Crippen LogP contribution in [-0.4, -0.2) is 36.4 Å². The highest BCUT2D eigenvalue weighted by atomic mass is 32.2. The van der Waals surface area contributed by atoms with Crippen molar-refractivity contribution in [2.75, 3.05) is 11.5 Å². The van der Waals surface area contributed by atoms with Crippen LogP contribution in [0.25, 0.3) is 10.9 Å². The van der Waals surface area contributed by atoms with Crippen LogP contribution in [0.15, 0.2) is 30.5 Å². The maximum Gasteiger partial charge on any atom is 0.220 e. The first-order valence-corrected chi connectivity index (χ1v) is 10.3. The van der Waals surface area contributed by atoms with Crippen LogP contribution >= 0.6 is 0 Å². The van der Waals surface area contributed by atoms with Crippen molar-refractivity contribution < 1.29 is 13.2 Å². The first-order chi connectivity index (χ1) is 11.4. The van der Waals surface area contributed by atoms with Crippen molar-refractivity contribution in [2.24, 2.45) is 0 Å². The molecule has 2 aromatic rings. The lowest BCUT2D eigenvalue weighted by atomic mass is 10.1. The molecule has 1 aliphatic rings. The molecule has 1 N–H and O–H groups in total. The number of aryl methyl sites for hydroxylation is 1. The van der Waals surface area contributed by atoms with Crippen LogP contribution in [0.1, 0.15) is 38.3 Å². The molecule has 3 rings (SSSR count). The first kappa shape index (κ1) is 17.0. The van der Waals surface area contributed by atoms with Crippen molar-refractivity contribution in [3.63, 3.8) is 0 Å². The molecule has 0 bridgehead atoms. The lowest BCUT2D eigenvalue weighted by Crippen LogP contribution is -2.35. The molecular formula is C18H24N2O3S. The fourth-order valence-electron chi connectivity index (χ4n) is 3.36. The highest BCUT2D eigenvalue weighted by Crippen LogP contribution is 2.25. The number of amides is 1. The van der Waals surface area contributed by atoms with Crippen molar-refractivity contribution in [1.29, 1.82) is 0 Å². The maximum atomic E-state index is 12.1. The number of hydrogen-bond donors (Lipinski definition) is 1. The molecule has 1 amide bonds. The second-order valence-electron chi connectivity index (χ2n) is 6.84. The van der Waals surface area contributed by atoms with E-state index in [4.69, 9.17) is 0 Å². The highest BCUT2D eigenvalue weighted by Gasteiger charge is 2.28. The van der Waals surface area contributed by atoms with Crippen molar-refractivity contribution in [2.45, 2.75) is 45.2 Å². The number of sulfone groups is 1. The van der Waals surface area contributed by atoms with Gasteiger partial charge < -0.3 is 9.88 Å². The Morgan fingerprint density at radius 2 is 2.08 bits per heavy atom. The van der Waals surface area contributed by atoms with E-state index < -0.39 is 9.84 Å². The van der Waals surface area contributed by atoms with Gasteiger partial charge in [0.15, 0.2) is 9.84 Å². The molecule has 1 saturated heterocycles. The minimum atomic E-state index is -2.96. The molecule has 1 fully saturated rings. The van der Waals surface area contributed by atoms with Gasteiger partial charge in [0.2, 0.25) is 5.91 Å². The van der Waals surface area contributed by atoms with Gasteiger partial charge in [-0.1, -0.05) is 18.2 Å². The Morgan fingerprint density at radius 1 is 1.33 bits per heavy atom. The van der Waals surface area contributed by atoms with Gasteiger partial charge in [-0.25, -0.2) is 8.42 Å². The summed E-state index contributed by atoms with van der Waals surface area (Å²) in [5, 5.41) is 4.04. The van der Waals surface area contributed by atoms with Crippen molar-refractivity contribution >= 4 is 26.6 Å². The number of carbonyl (C=O) groups excluding carboxylic acids is 1. The van der Waals surface area contributed by atoms with Gasteiger partial charge in [0.05, 0.1) is 11.5 Å². The molecule has 2 heterocycles. The van der Waals surface area contributed by atoms with E-state index in [2.05, 4.69) is 42.1 Å². The summed E-state index contributed by atoms with van der Waals surface area (Å²) in [5.74, 6) is 0.184. The van der Waals surface area contributed by atoms with Crippen molar-refractivity contribution in [1.82, 2.24) is 9.88 Å². The van der Waals surface area contributed by atoms with E-state index in [0.717, 1.165) is 5.56 Å². The van der Waals surface area contributed by atoms with Crippen LogP contribution in [0.4, 0.5) is 0 Å². The van der Waals surface area contributed by atoms with Gasteiger partial charge in [-0.05, 0) is 38.3 Å². The summed E-state index contributed by atoms with van der Waals surface area (Å²) < 4.78 is 25.1. The zero-order valence-electron chi connectivity index (χ0n) is 14.2. The van der Waals surface area contributed by atoms with Crippen molar-refractivity contribution in [3.05, 3.63) is 36.0 Å². The molecule has 6 heteroatoms. The first-order valence-electron chi connectivity index (χ1n) is 8.44. The van der Waals surface area contributed by atoms with Crippen LogP contribution in [0, 0.1) is 0 Å². The second-order valence-corrected chi connectivity index (χ2v) is 9.07. The average molecular weight is 348 g/mol. The molecular weight excluding hydrogens is 324 g/mol. The predicted octanol–water partition coefficient (Wildman–Crippen LogP) is 2.46. The van der Waals surface area contributed by atoms with Gasteiger partial charge in [0.1, 0.15) is 0 Å². The monoisotopic (exact) mass is 348 g/mol. The molecule has 0 aliphatic carbocycles. The SMILES string of the molecule is CC(C)n1cc(CCC(=O)N[C@@H]2CCS(=O)(=O)C2)c2ccccc21. The molecule has 1 aromatic heterocycles. The smallest absolute Gasteiger partial charge is 0.220 e. The van der Waals surface area contributed by atoms with Gasteiger partial charge in [0.25, 0.3) is 0 Å². The fourth-order valence-corrected chi connectivity index (χ4v) is 5.03. The number of benzene rings is 1. The maximum absolute atomic E-state index is 12.1. The Balaban J connectivity index is 1.66. The molecule has 0 unspecified atom stereocenters. The van der Waals surface area contributed by atoms with Gasteiger partial charge in [-0.15, -0.1) is 0 Å². The zero-order chi connectivity index (χ0) is 17.3. The molecule has 0 saturated carbocycles. The average Bonchev–Trinajstić information content (AvgIpc) is 3.05. The van der Waals surface area contributed by atoms with E-state index in [9.17, 15) is 13.2 Å². The van der Waals surface area contributed by atoms with E-state index in [0.29, 0.717) is 25.3 Å². The summed E-state index contributed by atoms with van der Waals surface area (Å²) in [7, 11) is -2.96. The minimum Gasteiger partial charge on any atom is -0.352 e. The van der Waals surface area contributed by atoms with E-state index >= 15 is 0 Å². The topological polar surface area (TPSA) is 68.2 Å². The molecule has 1 atom stereocenters. The summed E-state index contributed by atoms with van der Waals surface area (Å²) in [4.78, 5) is 12.1. The highest BCUT2D eigenvalue weighted by molar-refractivity contribution is 7.91. The summed E-state index contributed by atoms with van der Waals surface area (Å²) in [6, 6.07) is 8.37. The lowest BCUT2D eigenvalue weighted by molar-refractivity contribution is -0.121. The minimum absolute atomic E-state index is 0.0709. The molecule has 24 heavy (non-hydrogen) atoms. The Bertz CT molecular complexity index is 852. The van der Waals surface area contributed by atoms with Crippen LogP contribution in [0.5, 0.6) is 0 Å². The molecule has 1 aromatic carbocycles. The summed E-state index contributed by atoms with van der Waals surface area (Å²) in [5.41, 5.74) is 2.35. The van der Waals surface area contributed by atoms with E-state index in [1.807, 2.05) is 12.1 Å². The quantitative estimate of drug-likeness (QED) is 0.902. The van der Waals surface area contributed by atoms with E-state index in [1.54, 1.807) is 0 Å². The Hall–Kier alpha value is -1.82. The van der Waals surface area contributed by atoms with Crippen LogP contribution in [0.3, 0.4) is 0 Å². The zero-order valence-corrected chi connectivity index (χ0v) is 15.0. The third-order valence-electron chi connectivity index (χ3n) is 4.60. The molecule has 1 aliphatic heterocycles. The van der Waals surface area contributed by atoms with E-state index in [-0.39, 0.29) is 23.5 Å². The molecule has 130 valence electrons. The molecule has 0 spiro atoms. The lowest BCUT2D eigenvalue weighted by Gasteiger charge is -2.10. The third-order valence-corrected chi connectivity index (χ3v) is 6.37. The van der Waals surface area contributed by atoms with E-state index in [1.165, 1.54) is 10.9 Å². The third kappa shape index (κ3) is 3.64. The molecule has 0 radical (unpaired) electrons. The summed E-state index contributed by atoms with van der Waals surface area (Å²) in [6.45, 7) is 4.28. The number of carbonyl (C=O) groups is 1.